The summed E-state index contributed by atoms with van der Waals surface area (Å²) in [6.07, 6.45) is 6.04. The monoisotopic (exact) mass is 514 g/mol. The van der Waals surface area contributed by atoms with Crippen LogP contribution in [0.3, 0.4) is 0 Å². The van der Waals surface area contributed by atoms with Gasteiger partial charge in [0.2, 0.25) is 5.91 Å². The summed E-state index contributed by atoms with van der Waals surface area (Å²) in [5, 5.41) is 14.8. The van der Waals surface area contributed by atoms with Crippen LogP contribution < -0.4 is 10.1 Å². The fraction of sp³-hybridized carbons (Fsp3) is 0.440. The second-order valence-corrected chi connectivity index (χ2v) is 10.2. The van der Waals surface area contributed by atoms with Crippen molar-refractivity contribution >= 4 is 40.0 Å². The molecule has 0 radical (unpaired) electrons. The van der Waals surface area contributed by atoms with Gasteiger partial charge < -0.3 is 19.4 Å². The van der Waals surface area contributed by atoms with Gasteiger partial charge in [0, 0.05) is 23.4 Å². The van der Waals surface area contributed by atoms with E-state index in [-0.39, 0.29) is 11.7 Å². The van der Waals surface area contributed by atoms with Gasteiger partial charge >= 0.3 is 5.97 Å². The van der Waals surface area contributed by atoms with Gasteiger partial charge in [-0.2, -0.15) is 0 Å². The lowest BCUT2D eigenvalue weighted by atomic mass is 9.89. The smallest absolute Gasteiger partial charge is 0.341 e. The summed E-state index contributed by atoms with van der Waals surface area (Å²) in [7, 11) is 2.94. The van der Waals surface area contributed by atoms with E-state index in [1.165, 1.54) is 49.5 Å². The summed E-state index contributed by atoms with van der Waals surface area (Å²) in [5.41, 5.74) is 1.89. The SMILES string of the molecule is CCn1c(SCC(=O)Nc2scc(-c3ccc(OC)cc3)c2C(=O)OC)nnc1C1CCCCC1. The highest BCUT2D eigenvalue weighted by atomic mass is 32.2. The van der Waals surface area contributed by atoms with E-state index in [1.54, 1.807) is 7.11 Å². The van der Waals surface area contributed by atoms with Crippen LogP contribution in [-0.2, 0) is 16.1 Å². The summed E-state index contributed by atoms with van der Waals surface area (Å²) in [6.45, 7) is 2.85. The third kappa shape index (κ3) is 5.70. The van der Waals surface area contributed by atoms with Gasteiger partial charge in [-0.05, 0) is 37.5 Å². The molecule has 8 nitrogen and oxygen atoms in total. The van der Waals surface area contributed by atoms with Crippen molar-refractivity contribution in [3.05, 3.63) is 41.0 Å². The van der Waals surface area contributed by atoms with E-state index in [9.17, 15) is 9.59 Å². The van der Waals surface area contributed by atoms with E-state index in [4.69, 9.17) is 9.47 Å². The molecular formula is C25H30N4O4S2. The third-order valence-electron chi connectivity index (χ3n) is 6.20. The first-order valence-corrected chi connectivity index (χ1v) is 13.6. The molecule has 0 unspecified atom stereocenters. The Morgan fingerprint density at radius 3 is 2.54 bits per heavy atom. The number of nitrogens with one attached hydrogen (secondary N) is 1. The highest BCUT2D eigenvalue weighted by molar-refractivity contribution is 7.99. The number of amides is 1. The zero-order valence-corrected chi connectivity index (χ0v) is 21.8. The number of thioether (sulfide) groups is 1. The van der Waals surface area contributed by atoms with E-state index in [1.807, 2.05) is 29.6 Å². The van der Waals surface area contributed by atoms with Crippen LogP contribution in [0.15, 0.2) is 34.8 Å². The summed E-state index contributed by atoms with van der Waals surface area (Å²) in [4.78, 5) is 25.4. The predicted octanol–water partition coefficient (Wildman–Crippen LogP) is 5.60. The number of rotatable bonds is 9. The molecule has 1 aliphatic carbocycles. The Balaban J connectivity index is 1.47. The molecule has 1 aliphatic rings. The molecule has 35 heavy (non-hydrogen) atoms. The van der Waals surface area contributed by atoms with Gasteiger partial charge in [-0.1, -0.05) is 43.2 Å². The number of esters is 1. The van der Waals surface area contributed by atoms with Crippen molar-refractivity contribution in [1.82, 2.24) is 14.8 Å². The van der Waals surface area contributed by atoms with E-state index in [2.05, 4.69) is 27.0 Å². The van der Waals surface area contributed by atoms with Crippen LogP contribution >= 0.6 is 23.1 Å². The Kier molecular flexibility index (Phi) is 8.46. The number of benzene rings is 1. The molecule has 2 heterocycles. The molecule has 0 saturated heterocycles. The second kappa shape index (κ2) is 11.7. The number of thiophene rings is 1. The van der Waals surface area contributed by atoms with E-state index < -0.39 is 5.97 Å². The summed E-state index contributed by atoms with van der Waals surface area (Å²) in [6, 6.07) is 7.40. The number of anilines is 1. The number of hydrogen-bond donors (Lipinski definition) is 1. The molecule has 1 fully saturated rings. The minimum Gasteiger partial charge on any atom is -0.497 e. The summed E-state index contributed by atoms with van der Waals surface area (Å²) in [5.74, 6) is 1.66. The number of ether oxygens (including phenoxy) is 2. The Morgan fingerprint density at radius 1 is 1.14 bits per heavy atom. The minimum atomic E-state index is -0.497. The highest BCUT2D eigenvalue weighted by Gasteiger charge is 2.25. The maximum Gasteiger partial charge on any atom is 0.341 e. The van der Waals surface area contributed by atoms with Gasteiger partial charge in [-0.3, -0.25) is 4.79 Å². The molecule has 0 bridgehead atoms. The van der Waals surface area contributed by atoms with Gasteiger partial charge in [0.25, 0.3) is 0 Å². The number of hydrogen-bond acceptors (Lipinski definition) is 8. The van der Waals surface area contributed by atoms with E-state index in [0.29, 0.717) is 22.0 Å². The van der Waals surface area contributed by atoms with Crippen molar-refractivity contribution in [1.29, 1.82) is 0 Å². The van der Waals surface area contributed by atoms with Crippen molar-refractivity contribution < 1.29 is 19.1 Å². The van der Waals surface area contributed by atoms with Crippen molar-refractivity contribution in [3.8, 4) is 16.9 Å². The predicted molar refractivity (Wildman–Crippen MR) is 139 cm³/mol. The first-order chi connectivity index (χ1) is 17.0. The molecule has 0 aliphatic heterocycles. The first kappa shape index (κ1) is 25.2. The molecule has 10 heteroatoms. The van der Waals surface area contributed by atoms with Gasteiger partial charge in [0.1, 0.15) is 22.1 Å². The lowest BCUT2D eigenvalue weighted by Crippen LogP contribution is -2.17. The lowest BCUT2D eigenvalue weighted by Gasteiger charge is -2.21. The molecule has 186 valence electrons. The Labute approximate surface area is 213 Å². The molecule has 1 aromatic carbocycles. The summed E-state index contributed by atoms with van der Waals surface area (Å²) >= 11 is 2.66. The normalized spacial score (nSPS) is 14.0. The molecule has 2 aromatic heterocycles. The molecule has 3 aromatic rings. The Hall–Kier alpha value is -2.85. The van der Waals surface area contributed by atoms with Gasteiger partial charge in [-0.25, -0.2) is 4.79 Å². The number of carbonyl (C=O) groups is 2. The zero-order valence-electron chi connectivity index (χ0n) is 20.2. The topological polar surface area (TPSA) is 95.3 Å². The minimum absolute atomic E-state index is 0.166. The van der Waals surface area contributed by atoms with Gasteiger partial charge in [0.15, 0.2) is 5.16 Å². The standard InChI is InChI=1S/C25H30N4O4S2/c1-4-29-22(17-8-6-5-7-9-17)27-28-25(29)35-15-20(30)26-23-21(24(31)33-3)19(14-34-23)16-10-12-18(32-2)13-11-16/h10-14,17H,4-9,15H2,1-3H3,(H,26,30). The molecular weight excluding hydrogens is 484 g/mol. The second-order valence-electron chi connectivity index (χ2n) is 8.33. The van der Waals surface area contributed by atoms with E-state index >= 15 is 0 Å². The van der Waals surface area contributed by atoms with Crippen LogP contribution in [0.5, 0.6) is 5.75 Å². The van der Waals surface area contributed by atoms with Crippen molar-refractivity contribution in [2.75, 3.05) is 25.3 Å². The molecule has 0 atom stereocenters. The molecule has 1 saturated carbocycles. The third-order valence-corrected chi connectivity index (χ3v) is 8.06. The number of carbonyl (C=O) groups excluding carboxylic acids is 2. The number of methoxy groups -OCH3 is 2. The molecule has 0 spiro atoms. The largest absolute Gasteiger partial charge is 0.497 e. The highest BCUT2D eigenvalue weighted by Crippen LogP contribution is 2.37. The zero-order chi connectivity index (χ0) is 24.8. The molecule has 1 N–H and O–H groups in total. The van der Waals surface area contributed by atoms with Crippen LogP contribution in [0.1, 0.15) is 61.1 Å². The average molecular weight is 515 g/mol. The molecule has 1 amide bonds. The van der Waals surface area contributed by atoms with Crippen LogP contribution in [0.4, 0.5) is 5.00 Å². The molecule has 4 rings (SSSR count). The van der Waals surface area contributed by atoms with Crippen molar-refractivity contribution in [2.45, 2.75) is 56.6 Å². The lowest BCUT2D eigenvalue weighted by molar-refractivity contribution is -0.113. The van der Waals surface area contributed by atoms with Crippen molar-refractivity contribution in [2.24, 2.45) is 0 Å². The number of nitrogens with zero attached hydrogens (tertiary/aromatic N) is 3. The van der Waals surface area contributed by atoms with Gasteiger partial charge in [-0.15, -0.1) is 21.5 Å². The van der Waals surface area contributed by atoms with Crippen LogP contribution in [0, 0.1) is 0 Å². The fourth-order valence-corrected chi connectivity index (χ4v) is 6.18. The maximum atomic E-state index is 12.8. The van der Waals surface area contributed by atoms with Gasteiger partial charge in [0.05, 0.1) is 20.0 Å². The number of aromatic nitrogens is 3. The van der Waals surface area contributed by atoms with Crippen LogP contribution in [0.2, 0.25) is 0 Å². The quantitative estimate of drug-likeness (QED) is 0.293. The Bertz CT molecular complexity index is 1170. The van der Waals surface area contributed by atoms with Crippen LogP contribution in [0.25, 0.3) is 11.1 Å². The maximum absolute atomic E-state index is 12.8. The van der Waals surface area contributed by atoms with Crippen molar-refractivity contribution in [3.63, 3.8) is 0 Å². The van der Waals surface area contributed by atoms with E-state index in [0.717, 1.165) is 41.7 Å². The summed E-state index contributed by atoms with van der Waals surface area (Å²) < 4.78 is 12.4. The average Bonchev–Trinajstić information content (AvgIpc) is 3.51. The van der Waals surface area contributed by atoms with Crippen LogP contribution in [-0.4, -0.2) is 46.6 Å². The Morgan fingerprint density at radius 2 is 1.89 bits per heavy atom. The first-order valence-electron chi connectivity index (χ1n) is 11.8. The fourth-order valence-electron chi connectivity index (χ4n) is 4.40.